The first-order chi connectivity index (χ1) is 16.2. The predicted molar refractivity (Wildman–Crippen MR) is 138 cm³/mol. The van der Waals surface area contributed by atoms with Crippen LogP contribution >= 0.6 is 0 Å². The summed E-state index contributed by atoms with van der Waals surface area (Å²) in [6.45, 7) is 6.68. The molecule has 0 spiro atoms. The van der Waals surface area contributed by atoms with E-state index in [4.69, 9.17) is 4.74 Å². The molecule has 34 heavy (non-hydrogen) atoms. The fraction of sp³-hybridized carbons (Fsp3) is 0.500. The minimum atomic E-state index is -3.46. The Hall–Kier alpha value is -2.74. The molecule has 186 valence electrons. The lowest BCUT2D eigenvalue weighted by Crippen LogP contribution is -2.34. The molecule has 2 aromatic carbocycles. The molecule has 0 aromatic heterocycles. The number of carbonyl (C=O) groups is 1. The van der Waals surface area contributed by atoms with Crippen molar-refractivity contribution < 1.29 is 17.9 Å². The maximum atomic E-state index is 12.5. The third-order valence-corrected chi connectivity index (χ3v) is 7.51. The normalized spacial score (nSPS) is 17.2. The average Bonchev–Trinajstić information content (AvgIpc) is 2.81. The zero-order valence-corrected chi connectivity index (χ0v) is 21.5. The number of nitrogens with one attached hydrogen (secondary N) is 1. The van der Waals surface area contributed by atoms with Crippen LogP contribution in [0, 0.1) is 5.92 Å². The van der Waals surface area contributed by atoms with Crippen molar-refractivity contribution in [2.24, 2.45) is 5.92 Å². The topological polar surface area (TPSA) is 79.0 Å². The van der Waals surface area contributed by atoms with Gasteiger partial charge in [-0.2, -0.15) is 0 Å². The first-order valence-corrected chi connectivity index (χ1v) is 13.8. The lowest BCUT2D eigenvalue weighted by Gasteiger charge is -2.33. The fourth-order valence-corrected chi connectivity index (χ4v) is 5.38. The van der Waals surface area contributed by atoms with Crippen molar-refractivity contribution in [2.45, 2.75) is 45.6 Å². The molecule has 1 amide bonds. The molecular formula is C26H37N3O4S. The summed E-state index contributed by atoms with van der Waals surface area (Å²) in [6, 6.07) is 15.2. The standard InChI is InChI=1S/C26H37N3O4S/c1-20-7-5-17-28(19-20)23-11-9-22(10-12-23)21(2)27-26(30)8-6-18-29(34(4,31)32)24-13-15-25(33-3)16-14-24/h9-16,20-21H,5-8,17-19H2,1-4H3,(H,27,30)/t20-,21+/m1/s1. The van der Waals surface area contributed by atoms with E-state index in [1.54, 1.807) is 31.4 Å². The van der Waals surface area contributed by atoms with Gasteiger partial charge in [0.25, 0.3) is 0 Å². The number of carbonyl (C=O) groups excluding carboxylic acids is 1. The molecule has 1 saturated heterocycles. The molecule has 0 saturated carbocycles. The summed E-state index contributed by atoms with van der Waals surface area (Å²) in [4.78, 5) is 15.0. The number of hydrogen-bond acceptors (Lipinski definition) is 5. The molecule has 0 aliphatic carbocycles. The van der Waals surface area contributed by atoms with Crippen LogP contribution in [-0.4, -0.2) is 47.3 Å². The number of piperidine rings is 1. The monoisotopic (exact) mass is 487 g/mol. The Kier molecular flexibility index (Phi) is 8.83. The van der Waals surface area contributed by atoms with Crippen LogP contribution in [0.3, 0.4) is 0 Å². The molecule has 0 bridgehead atoms. The highest BCUT2D eigenvalue weighted by atomic mass is 32.2. The summed E-state index contributed by atoms with van der Waals surface area (Å²) >= 11 is 0. The molecule has 1 N–H and O–H groups in total. The SMILES string of the molecule is COc1ccc(N(CCCC(=O)N[C@@H](C)c2ccc(N3CCC[C@@H](C)C3)cc2)S(C)(=O)=O)cc1. The van der Waals surface area contributed by atoms with Gasteiger partial charge in [0.15, 0.2) is 0 Å². The van der Waals surface area contributed by atoms with Crippen molar-refractivity contribution in [3.05, 3.63) is 54.1 Å². The number of hydrogen-bond donors (Lipinski definition) is 1. The van der Waals surface area contributed by atoms with Crippen molar-refractivity contribution >= 4 is 27.3 Å². The third-order valence-electron chi connectivity index (χ3n) is 6.32. The molecule has 2 aromatic rings. The Balaban J connectivity index is 1.51. The van der Waals surface area contributed by atoms with Gasteiger partial charge in [-0.25, -0.2) is 8.42 Å². The lowest BCUT2D eigenvalue weighted by molar-refractivity contribution is -0.121. The van der Waals surface area contributed by atoms with Gasteiger partial charge in [0.2, 0.25) is 15.9 Å². The third kappa shape index (κ3) is 7.13. The summed E-state index contributed by atoms with van der Waals surface area (Å²) in [6.07, 6.45) is 4.36. The van der Waals surface area contributed by atoms with Gasteiger partial charge in [-0.05, 0) is 74.1 Å². The molecule has 2 atom stereocenters. The van der Waals surface area contributed by atoms with Gasteiger partial charge in [-0.1, -0.05) is 19.1 Å². The number of ether oxygens (including phenoxy) is 1. The van der Waals surface area contributed by atoms with E-state index in [9.17, 15) is 13.2 Å². The number of methoxy groups -OCH3 is 1. The van der Waals surface area contributed by atoms with E-state index in [0.717, 1.165) is 24.6 Å². The van der Waals surface area contributed by atoms with Gasteiger partial charge < -0.3 is 15.0 Å². The van der Waals surface area contributed by atoms with E-state index in [1.807, 2.05) is 6.92 Å². The predicted octanol–water partition coefficient (Wildman–Crippen LogP) is 4.36. The summed E-state index contributed by atoms with van der Waals surface area (Å²) in [5.41, 5.74) is 2.84. The molecule has 1 aliphatic heterocycles. The average molecular weight is 488 g/mol. The largest absolute Gasteiger partial charge is 0.497 e. The quantitative estimate of drug-likeness (QED) is 0.539. The van der Waals surface area contributed by atoms with E-state index >= 15 is 0 Å². The van der Waals surface area contributed by atoms with E-state index in [0.29, 0.717) is 17.9 Å². The van der Waals surface area contributed by atoms with E-state index in [2.05, 4.69) is 41.4 Å². The van der Waals surface area contributed by atoms with Gasteiger partial charge in [0.1, 0.15) is 5.75 Å². The number of amides is 1. The Labute approximate surface area is 204 Å². The van der Waals surface area contributed by atoms with Gasteiger partial charge in [-0.15, -0.1) is 0 Å². The van der Waals surface area contributed by atoms with Crippen molar-refractivity contribution in [2.75, 3.05) is 42.2 Å². The van der Waals surface area contributed by atoms with Crippen LogP contribution in [0.4, 0.5) is 11.4 Å². The first kappa shape index (κ1) is 25.9. The minimum Gasteiger partial charge on any atom is -0.497 e. The number of nitrogens with zero attached hydrogens (tertiary/aromatic N) is 2. The summed E-state index contributed by atoms with van der Waals surface area (Å²) in [5.74, 6) is 1.28. The van der Waals surface area contributed by atoms with Crippen molar-refractivity contribution in [3.8, 4) is 5.75 Å². The molecular weight excluding hydrogens is 450 g/mol. The van der Waals surface area contributed by atoms with Crippen LogP contribution in [0.15, 0.2) is 48.5 Å². The molecule has 8 heteroatoms. The molecule has 0 unspecified atom stereocenters. The summed E-state index contributed by atoms with van der Waals surface area (Å²) < 4.78 is 31.0. The molecule has 1 fully saturated rings. The molecule has 3 rings (SSSR count). The van der Waals surface area contributed by atoms with Crippen LogP contribution in [0.2, 0.25) is 0 Å². The molecule has 1 heterocycles. The second kappa shape index (κ2) is 11.6. The van der Waals surface area contributed by atoms with E-state index in [-0.39, 0.29) is 24.9 Å². The summed E-state index contributed by atoms with van der Waals surface area (Å²) in [5, 5.41) is 3.03. The van der Waals surface area contributed by atoms with Crippen LogP contribution in [0.25, 0.3) is 0 Å². The second-order valence-corrected chi connectivity index (χ2v) is 11.1. The Morgan fingerprint density at radius 2 is 1.85 bits per heavy atom. The Morgan fingerprint density at radius 1 is 1.18 bits per heavy atom. The van der Waals surface area contributed by atoms with Gasteiger partial charge in [0, 0.05) is 31.7 Å². The van der Waals surface area contributed by atoms with Crippen LogP contribution in [0.1, 0.15) is 51.1 Å². The first-order valence-electron chi connectivity index (χ1n) is 11.9. The van der Waals surface area contributed by atoms with Gasteiger partial charge in [-0.3, -0.25) is 9.10 Å². The number of benzene rings is 2. The van der Waals surface area contributed by atoms with Crippen molar-refractivity contribution in [3.63, 3.8) is 0 Å². The molecule has 1 aliphatic rings. The number of rotatable bonds is 10. The lowest BCUT2D eigenvalue weighted by atomic mass is 9.99. The smallest absolute Gasteiger partial charge is 0.232 e. The van der Waals surface area contributed by atoms with Crippen molar-refractivity contribution in [1.29, 1.82) is 0 Å². The highest BCUT2D eigenvalue weighted by Crippen LogP contribution is 2.25. The van der Waals surface area contributed by atoms with Gasteiger partial charge >= 0.3 is 0 Å². The van der Waals surface area contributed by atoms with Crippen LogP contribution in [0.5, 0.6) is 5.75 Å². The van der Waals surface area contributed by atoms with Crippen LogP contribution < -0.4 is 19.3 Å². The highest BCUT2D eigenvalue weighted by Gasteiger charge is 2.19. The number of anilines is 2. The van der Waals surface area contributed by atoms with E-state index in [1.165, 1.54) is 29.1 Å². The zero-order valence-electron chi connectivity index (χ0n) is 20.7. The second-order valence-electron chi connectivity index (χ2n) is 9.21. The zero-order chi connectivity index (χ0) is 24.7. The molecule has 7 nitrogen and oxygen atoms in total. The van der Waals surface area contributed by atoms with Gasteiger partial charge in [0.05, 0.1) is 25.1 Å². The Bertz CT molecular complexity index is 1040. The fourth-order valence-electron chi connectivity index (χ4n) is 4.41. The van der Waals surface area contributed by atoms with Crippen molar-refractivity contribution in [1.82, 2.24) is 5.32 Å². The molecule has 0 radical (unpaired) electrons. The maximum absolute atomic E-state index is 12.5. The van der Waals surface area contributed by atoms with Crippen LogP contribution in [-0.2, 0) is 14.8 Å². The summed E-state index contributed by atoms with van der Waals surface area (Å²) in [7, 11) is -1.90. The maximum Gasteiger partial charge on any atom is 0.232 e. The highest BCUT2D eigenvalue weighted by molar-refractivity contribution is 7.92. The Morgan fingerprint density at radius 3 is 2.44 bits per heavy atom. The van der Waals surface area contributed by atoms with E-state index < -0.39 is 10.0 Å². The minimum absolute atomic E-state index is 0.0930. The number of sulfonamides is 1.